The average Bonchev–Trinajstić information content (AvgIpc) is 3.00. The van der Waals surface area contributed by atoms with E-state index in [1.54, 1.807) is 20.2 Å². The standard InChI is InChI=1S/C20H22N2O5/c1-3-26-20(23)19-13(11-24-2)17-15(7-21-19)22-14-5-4-6-16(18(14)17)27-10-12-8-25-9-12/h4-7,12,22H,3,8-11H2,1-2H3. The van der Waals surface area contributed by atoms with Crippen LogP contribution in [-0.4, -0.2) is 49.5 Å². The molecule has 0 radical (unpaired) electrons. The highest BCUT2D eigenvalue weighted by molar-refractivity contribution is 6.13. The maximum atomic E-state index is 12.4. The molecule has 7 nitrogen and oxygen atoms in total. The molecule has 1 saturated heterocycles. The molecule has 27 heavy (non-hydrogen) atoms. The lowest BCUT2D eigenvalue weighted by molar-refractivity contribution is -0.0506. The predicted octanol–water partition coefficient (Wildman–Crippen LogP) is 3.06. The molecule has 1 aliphatic rings. The monoisotopic (exact) mass is 370 g/mol. The number of fused-ring (bicyclic) bond motifs is 3. The van der Waals surface area contributed by atoms with Crippen LogP contribution in [0.3, 0.4) is 0 Å². The first kappa shape index (κ1) is 17.8. The van der Waals surface area contributed by atoms with Gasteiger partial charge in [0.15, 0.2) is 5.69 Å². The number of benzene rings is 1. The fraction of sp³-hybridized carbons (Fsp3) is 0.400. The van der Waals surface area contributed by atoms with Crippen LogP contribution in [0, 0.1) is 5.92 Å². The third-order valence-corrected chi connectivity index (χ3v) is 4.66. The van der Waals surface area contributed by atoms with Crippen molar-refractivity contribution < 1.29 is 23.7 Å². The lowest BCUT2D eigenvalue weighted by Crippen LogP contribution is -2.32. The SMILES string of the molecule is CCOC(=O)c1ncc2[nH]c3cccc(OCC4COC4)c3c2c1COC. The van der Waals surface area contributed by atoms with Crippen LogP contribution in [0.2, 0.25) is 0 Å². The molecule has 3 aromatic rings. The minimum absolute atomic E-state index is 0.246. The van der Waals surface area contributed by atoms with Gasteiger partial charge in [0, 0.05) is 29.4 Å². The Labute approximate surface area is 156 Å². The summed E-state index contributed by atoms with van der Waals surface area (Å²) in [5, 5.41) is 1.80. The zero-order valence-corrected chi connectivity index (χ0v) is 15.4. The second-order valence-corrected chi connectivity index (χ2v) is 6.55. The number of nitrogens with one attached hydrogen (secondary N) is 1. The lowest BCUT2D eigenvalue weighted by Gasteiger charge is -2.25. The van der Waals surface area contributed by atoms with Crippen LogP contribution in [0.1, 0.15) is 23.0 Å². The average molecular weight is 370 g/mol. The molecule has 4 rings (SSSR count). The van der Waals surface area contributed by atoms with Gasteiger partial charge < -0.3 is 23.9 Å². The van der Waals surface area contributed by atoms with Crippen LogP contribution in [-0.2, 0) is 20.8 Å². The van der Waals surface area contributed by atoms with E-state index in [0.717, 1.165) is 40.8 Å². The van der Waals surface area contributed by atoms with Crippen molar-refractivity contribution in [3.63, 3.8) is 0 Å². The summed E-state index contributed by atoms with van der Waals surface area (Å²) in [6.45, 7) is 4.37. The number of nitrogens with zero attached hydrogens (tertiary/aromatic N) is 1. The summed E-state index contributed by atoms with van der Waals surface area (Å²) in [4.78, 5) is 20.1. The van der Waals surface area contributed by atoms with E-state index in [1.165, 1.54) is 0 Å². The molecular formula is C20H22N2O5. The first-order chi connectivity index (χ1) is 13.2. The summed E-state index contributed by atoms with van der Waals surface area (Å²) in [5.41, 5.74) is 2.72. The van der Waals surface area contributed by atoms with Gasteiger partial charge in [-0.15, -0.1) is 0 Å². The molecule has 3 heterocycles. The Bertz CT molecular complexity index is 977. The van der Waals surface area contributed by atoms with Crippen molar-refractivity contribution >= 4 is 27.8 Å². The van der Waals surface area contributed by atoms with E-state index < -0.39 is 5.97 Å². The minimum atomic E-state index is -0.453. The van der Waals surface area contributed by atoms with Crippen molar-refractivity contribution in [2.45, 2.75) is 13.5 Å². The highest BCUT2D eigenvalue weighted by atomic mass is 16.5. The highest BCUT2D eigenvalue weighted by Gasteiger charge is 2.23. The number of methoxy groups -OCH3 is 1. The van der Waals surface area contributed by atoms with Crippen molar-refractivity contribution in [1.82, 2.24) is 9.97 Å². The predicted molar refractivity (Wildman–Crippen MR) is 100 cm³/mol. The van der Waals surface area contributed by atoms with Crippen LogP contribution in [0.25, 0.3) is 21.8 Å². The number of rotatable bonds is 7. The van der Waals surface area contributed by atoms with Gasteiger partial charge in [0.25, 0.3) is 0 Å². The van der Waals surface area contributed by atoms with Crippen LogP contribution in [0.15, 0.2) is 24.4 Å². The number of hydrogen-bond acceptors (Lipinski definition) is 6. The number of esters is 1. The van der Waals surface area contributed by atoms with Gasteiger partial charge in [-0.1, -0.05) is 6.07 Å². The van der Waals surface area contributed by atoms with Crippen LogP contribution < -0.4 is 4.74 Å². The maximum absolute atomic E-state index is 12.4. The molecule has 1 fully saturated rings. The van der Waals surface area contributed by atoms with Gasteiger partial charge in [0.05, 0.1) is 50.3 Å². The molecule has 1 N–H and O–H groups in total. The number of hydrogen-bond donors (Lipinski definition) is 1. The Hall–Kier alpha value is -2.64. The zero-order valence-electron chi connectivity index (χ0n) is 15.4. The van der Waals surface area contributed by atoms with Gasteiger partial charge >= 0.3 is 5.97 Å². The van der Waals surface area contributed by atoms with Gasteiger partial charge in [0.1, 0.15) is 5.75 Å². The second kappa shape index (κ2) is 7.54. The van der Waals surface area contributed by atoms with Gasteiger partial charge in [-0.2, -0.15) is 0 Å². The number of ether oxygens (including phenoxy) is 4. The Balaban J connectivity index is 1.87. The Morgan fingerprint density at radius 2 is 2.15 bits per heavy atom. The molecule has 2 aromatic heterocycles. The Kier molecular flexibility index (Phi) is 4.96. The van der Waals surface area contributed by atoms with Crippen molar-refractivity contribution in [3.05, 3.63) is 35.7 Å². The van der Waals surface area contributed by atoms with Crippen LogP contribution in [0.5, 0.6) is 5.75 Å². The number of carbonyl (C=O) groups excluding carboxylic acids is 1. The van der Waals surface area contributed by atoms with E-state index in [9.17, 15) is 4.79 Å². The van der Waals surface area contributed by atoms with Crippen molar-refractivity contribution in [2.24, 2.45) is 5.92 Å². The first-order valence-electron chi connectivity index (χ1n) is 9.01. The fourth-order valence-corrected chi connectivity index (χ4v) is 3.34. The molecule has 0 spiro atoms. The van der Waals surface area contributed by atoms with E-state index in [4.69, 9.17) is 18.9 Å². The van der Waals surface area contributed by atoms with Gasteiger partial charge in [0.2, 0.25) is 0 Å². The highest BCUT2D eigenvalue weighted by Crippen LogP contribution is 2.36. The third kappa shape index (κ3) is 3.24. The lowest BCUT2D eigenvalue weighted by atomic mass is 10.0. The molecule has 142 valence electrons. The Morgan fingerprint density at radius 1 is 1.30 bits per heavy atom. The molecule has 0 unspecified atom stereocenters. The van der Waals surface area contributed by atoms with Gasteiger partial charge in [-0.3, -0.25) is 0 Å². The van der Waals surface area contributed by atoms with Crippen LogP contribution >= 0.6 is 0 Å². The molecule has 0 saturated carbocycles. The van der Waals surface area contributed by atoms with E-state index >= 15 is 0 Å². The van der Waals surface area contributed by atoms with Crippen molar-refractivity contribution in [1.29, 1.82) is 0 Å². The summed E-state index contributed by atoms with van der Waals surface area (Å²) < 4.78 is 21.9. The second-order valence-electron chi connectivity index (χ2n) is 6.55. The van der Waals surface area contributed by atoms with Gasteiger partial charge in [-0.05, 0) is 19.1 Å². The number of H-pyrrole nitrogens is 1. The van der Waals surface area contributed by atoms with Crippen molar-refractivity contribution in [3.8, 4) is 5.75 Å². The minimum Gasteiger partial charge on any atom is -0.492 e. The quantitative estimate of drug-likeness (QED) is 0.644. The largest absolute Gasteiger partial charge is 0.492 e. The molecule has 0 amide bonds. The summed E-state index contributed by atoms with van der Waals surface area (Å²) in [5.74, 6) is 0.732. The molecule has 7 heteroatoms. The molecule has 1 aliphatic heterocycles. The summed E-state index contributed by atoms with van der Waals surface area (Å²) in [7, 11) is 1.59. The number of carbonyl (C=O) groups is 1. The van der Waals surface area contributed by atoms with E-state index in [2.05, 4.69) is 9.97 Å². The van der Waals surface area contributed by atoms with E-state index in [1.807, 2.05) is 18.2 Å². The van der Waals surface area contributed by atoms with E-state index in [-0.39, 0.29) is 18.9 Å². The number of aromatic nitrogens is 2. The molecule has 1 aromatic carbocycles. The summed E-state index contributed by atoms with van der Waals surface area (Å²) >= 11 is 0. The topological polar surface area (TPSA) is 82.7 Å². The Morgan fingerprint density at radius 3 is 2.85 bits per heavy atom. The first-order valence-corrected chi connectivity index (χ1v) is 9.01. The smallest absolute Gasteiger partial charge is 0.357 e. The normalized spacial score (nSPS) is 14.4. The van der Waals surface area contributed by atoms with Crippen LogP contribution in [0.4, 0.5) is 0 Å². The maximum Gasteiger partial charge on any atom is 0.357 e. The van der Waals surface area contributed by atoms with Gasteiger partial charge in [-0.25, -0.2) is 9.78 Å². The van der Waals surface area contributed by atoms with E-state index in [0.29, 0.717) is 18.1 Å². The number of aromatic amines is 1. The fourth-order valence-electron chi connectivity index (χ4n) is 3.34. The number of pyridine rings is 1. The molecule has 0 atom stereocenters. The molecular weight excluding hydrogens is 348 g/mol. The molecule has 0 bridgehead atoms. The molecule has 0 aliphatic carbocycles. The van der Waals surface area contributed by atoms with Crippen molar-refractivity contribution in [2.75, 3.05) is 33.5 Å². The third-order valence-electron chi connectivity index (χ3n) is 4.66. The zero-order chi connectivity index (χ0) is 18.8. The summed E-state index contributed by atoms with van der Waals surface area (Å²) in [6, 6.07) is 5.87. The summed E-state index contributed by atoms with van der Waals surface area (Å²) in [6.07, 6.45) is 1.66.